The van der Waals surface area contributed by atoms with Gasteiger partial charge in [0.2, 0.25) is 0 Å². The van der Waals surface area contributed by atoms with Crippen molar-refractivity contribution in [3.05, 3.63) is 39.9 Å². The van der Waals surface area contributed by atoms with Crippen LogP contribution in [0.4, 0.5) is 5.69 Å². The standard InChI is InChI=1S/C16H25ClN2O2/c1-3-5-11-18(12-6-4-2)13-16(17)14-7-9-15(10-8-14)19(20)21/h7-10,16H,3-6,11-13H2,1-2H3. The predicted molar refractivity (Wildman–Crippen MR) is 87.9 cm³/mol. The van der Waals surface area contributed by atoms with E-state index >= 15 is 0 Å². The molecule has 0 aromatic heterocycles. The minimum absolute atomic E-state index is 0.108. The van der Waals surface area contributed by atoms with E-state index < -0.39 is 0 Å². The van der Waals surface area contributed by atoms with Crippen molar-refractivity contribution in [1.82, 2.24) is 4.90 Å². The average Bonchev–Trinajstić information content (AvgIpc) is 2.49. The first kappa shape index (κ1) is 17.9. The Kier molecular flexibility index (Phi) is 8.31. The lowest BCUT2D eigenvalue weighted by Crippen LogP contribution is -2.29. The van der Waals surface area contributed by atoms with E-state index in [0.717, 1.165) is 25.2 Å². The topological polar surface area (TPSA) is 46.4 Å². The van der Waals surface area contributed by atoms with E-state index in [1.807, 2.05) is 0 Å². The molecule has 4 nitrogen and oxygen atoms in total. The van der Waals surface area contributed by atoms with Crippen molar-refractivity contribution in [3.8, 4) is 0 Å². The Hall–Kier alpha value is -1.13. The summed E-state index contributed by atoms with van der Waals surface area (Å²) >= 11 is 6.48. The summed E-state index contributed by atoms with van der Waals surface area (Å²) in [5, 5.41) is 10.5. The van der Waals surface area contributed by atoms with Crippen LogP contribution in [0, 0.1) is 10.1 Å². The fourth-order valence-electron chi connectivity index (χ4n) is 2.19. The number of unbranched alkanes of at least 4 members (excludes halogenated alkanes) is 2. The molecule has 0 radical (unpaired) electrons. The molecule has 1 aromatic rings. The molecule has 0 heterocycles. The molecular weight excluding hydrogens is 288 g/mol. The van der Waals surface area contributed by atoms with E-state index in [1.165, 1.54) is 37.8 Å². The molecule has 0 aliphatic carbocycles. The first-order chi connectivity index (χ1) is 10.1. The summed E-state index contributed by atoms with van der Waals surface area (Å²) in [4.78, 5) is 12.7. The molecule has 0 aliphatic heterocycles. The molecule has 0 fully saturated rings. The molecule has 0 amide bonds. The van der Waals surface area contributed by atoms with Gasteiger partial charge in [0, 0.05) is 18.7 Å². The molecule has 1 rings (SSSR count). The summed E-state index contributed by atoms with van der Waals surface area (Å²) in [6, 6.07) is 6.56. The highest BCUT2D eigenvalue weighted by Gasteiger charge is 2.14. The number of non-ortho nitro benzene ring substituents is 1. The van der Waals surface area contributed by atoms with Crippen molar-refractivity contribution in [3.63, 3.8) is 0 Å². The van der Waals surface area contributed by atoms with Crippen LogP contribution in [0.2, 0.25) is 0 Å². The normalized spacial score (nSPS) is 12.6. The van der Waals surface area contributed by atoms with Gasteiger partial charge in [0.15, 0.2) is 0 Å². The fourth-order valence-corrected chi connectivity index (χ4v) is 2.54. The van der Waals surface area contributed by atoms with Crippen molar-refractivity contribution >= 4 is 17.3 Å². The second-order valence-electron chi connectivity index (χ2n) is 5.32. The van der Waals surface area contributed by atoms with Crippen molar-refractivity contribution < 1.29 is 4.92 Å². The molecule has 0 saturated heterocycles. The van der Waals surface area contributed by atoms with E-state index in [0.29, 0.717) is 0 Å². The van der Waals surface area contributed by atoms with Crippen LogP contribution in [0.1, 0.15) is 50.5 Å². The number of alkyl halides is 1. The molecule has 0 saturated carbocycles. The number of nitrogens with zero attached hydrogens (tertiary/aromatic N) is 2. The zero-order valence-electron chi connectivity index (χ0n) is 12.9. The summed E-state index contributed by atoms with van der Waals surface area (Å²) in [6.07, 6.45) is 4.70. The van der Waals surface area contributed by atoms with Gasteiger partial charge in [-0.25, -0.2) is 0 Å². The van der Waals surface area contributed by atoms with E-state index in [4.69, 9.17) is 11.6 Å². The number of nitro benzene ring substituents is 1. The van der Waals surface area contributed by atoms with E-state index in [2.05, 4.69) is 18.7 Å². The van der Waals surface area contributed by atoms with Crippen LogP contribution in [-0.2, 0) is 0 Å². The van der Waals surface area contributed by atoms with Crippen LogP contribution in [-0.4, -0.2) is 29.5 Å². The van der Waals surface area contributed by atoms with E-state index in [9.17, 15) is 10.1 Å². The third kappa shape index (κ3) is 6.44. The molecule has 21 heavy (non-hydrogen) atoms. The van der Waals surface area contributed by atoms with Crippen molar-refractivity contribution in [2.24, 2.45) is 0 Å². The van der Waals surface area contributed by atoms with Gasteiger partial charge in [-0.1, -0.05) is 38.8 Å². The van der Waals surface area contributed by atoms with Gasteiger partial charge < -0.3 is 4.90 Å². The van der Waals surface area contributed by atoms with Gasteiger partial charge in [-0.05, 0) is 31.5 Å². The number of nitro groups is 1. The van der Waals surface area contributed by atoms with E-state index in [1.54, 1.807) is 12.1 Å². The van der Waals surface area contributed by atoms with Crippen LogP contribution in [0.3, 0.4) is 0 Å². The highest BCUT2D eigenvalue weighted by atomic mass is 35.5. The second-order valence-corrected chi connectivity index (χ2v) is 5.85. The van der Waals surface area contributed by atoms with Gasteiger partial charge in [0.1, 0.15) is 0 Å². The smallest absolute Gasteiger partial charge is 0.269 e. The Balaban J connectivity index is 2.61. The van der Waals surface area contributed by atoms with Crippen LogP contribution in [0.15, 0.2) is 24.3 Å². The van der Waals surface area contributed by atoms with Gasteiger partial charge in [0.25, 0.3) is 5.69 Å². The Morgan fingerprint density at radius 2 is 1.67 bits per heavy atom. The molecule has 0 aliphatic rings. The van der Waals surface area contributed by atoms with E-state index in [-0.39, 0.29) is 16.0 Å². The quantitative estimate of drug-likeness (QED) is 0.355. The highest BCUT2D eigenvalue weighted by Crippen LogP contribution is 2.24. The minimum atomic E-state index is -0.387. The predicted octanol–water partition coefficient (Wildman–Crippen LogP) is 4.78. The lowest BCUT2D eigenvalue weighted by atomic mass is 10.1. The summed E-state index contributed by atoms with van der Waals surface area (Å²) in [7, 11) is 0. The molecule has 5 heteroatoms. The van der Waals surface area contributed by atoms with Gasteiger partial charge in [0.05, 0.1) is 10.3 Å². The van der Waals surface area contributed by atoms with Gasteiger partial charge in [-0.15, -0.1) is 11.6 Å². The number of rotatable bonds is 10. The maximum Gasteiger partial charge on any atom is 0.269 e. The number of benzene rings is 1. The first-order valence-electron chi connectivity index (χ1n) is 7.69. The SMILES string of the molecule is CCCCN(CCCC)CC(Cl)c1ccc([N+](=O)[O-])cc1. The van der Waals surface area contributed by atoms with Crippen LogP contribution in [0.5, 0.6) is 0 Å². The Morgan fingerprint density at radius 3 is 2.10 bits per heavy atom. The van der Waals surface area contributed by atoms with Gasteiger partial charge in [-0.3, -0.25) is 10.1 Å². The molecule has 118 valence electrons. The second kappa shape index (κ2) is 9.74. The molecule has 0 bridgehead atoms. The maximum absolute atomic E-state index is 10.7. The third-order valence-electron chi connectivity index (χ3n) is 3.54. The van der Waals surface area contributed by atoms with Crippen LogP contribution in [0.25, 0.3) is 0 Å². The Morgan fingerprint density at radius 1 is 1.14 bits per heavy atom. The molecular formula is C16H25ClN2O2. The summed E-state index contributed by atoms with van der Waals surface area (Å²) in [5.41, 5.74) is 1.05. The van der Waals surface area contributed by atoms with Crippen molar-refractivity contribution in [1.29, 1.82) is 0 Å². The van der Waals surface area contributed by atoms with Crippen molar-refractivity contribution in [2.75, 3.05) is 19.6 Å². The maximum atomic E-state index is 10.7. The zero-order valence-corrected chi connectivity index (χ0v) is 13.7. The van der Waals surface area contributed by atoms with Crippen LogP contribution >= 0.6 is 11.6 Å². The Bertz CT molecular complexity index is 415. The number of hydrogen-bond donors (Lipinski definition) is 0. The fraction of sp³-hybridized carbons (Fsp3) is 0.625. The lowest BCUT2D eigenvalue weighted by Gasteiger charge is -2.24. The Labute approximate surface area is 132 Å². The minimum Gasteiger partial charge on any atom is -0.302 e. The molecule has 1 unspecified atom stereocenters. The van der Waals surface area contributed by atoms with Crippen LogP contribution < -0.4 is 0 Å². The first-order valence-corrected chi connectivity index (χ1v) is 8.12. The number of hydrogen-bond acceptors (Lipinski definition) is 3. The summed E-state index contributed by atoms with van der Waals surface area (Å²) in [5.74, 6) is 0. The zero-order chi connectivity index (χ0) is 15.7. The monoisotopic (exact) mass is 312 g/mol. The average molecular weight is 313 g/mol. The number of halogens is 1. The van der Waals surface area contributed by atoms with Crippen molar-refractivity contribution in [2.45, 2.75) is 44.9 Å². The molecule has 1 aromatic carbocycles. The molecule has 1 atom stereocenters. The molecule has 0 N–H and O–H groups in total. The largest absolute Gasteiger partial charge is 0.302 e. The molecule has 0 spiro atoms. The van der Waals surface area contributed by atoms with Gasteiger partial charge in [-0.2, -0.15) is 0 Å². The highest BCUT2D eigenvalue weighted by molar-refractivity contribution is 6.21. The van der Waals surface area contributed by atoms with Gasteiger partial charge >= 0.3 is 0 Å². The summed E-state index contributed by atoms with van der Waals surface area (Å²) < 4.78 is 0. The third-order valence-corrected chi connectivity index (χ3v) is 3.93. The summed E-state index contributed by atoms with van der Waals surface area (Å²) in [6.45, 7) is 7.29. The lowest BCUT2D eigenvalue weighted by molar-refractivity contribution is -0.384.